The minimum Gasteiger partial charge on any atom is -0.493 e. The van der Waals surface area contributed by atoms with Gasteiger partial charge in [0.05, 0.1) is 17.8 Å². The average Bonchev–Trinajstić information content (AvgIpc) is 2.72. The van der Waals surface area contributed by atoms with Gasteiger partial charge in [0, 0.05) is 10.9 Å². The number of para-hydroxylation sites is 1. The molecule has 0 saturated carbocycles. The van der Waals surface area contributed by atoms with Gasteiger partial charge in [0.2, 0.25) is 0 Å². The van der Waals surface area contributed by atoms with Gasteiger partial charge in [-0.15, -0.1) is 11.3 Å². The molecular weight excluding hydrogens is 194 g/mol. The Morgan fingerprint density at radius 2 is 2.21 bits per heavy atom. The van der Waals surface area contributed by atoms with Gasteiger partial charge in [-0.2, -0.15) is 0 Å². The van der Waals surface area contributed by atoms with Crippen LogP contribution < -0.4 is 4.74 Å². The van der Waals surface area contributed by atoms with Gasteiger partial charge in [0.15, 0.2) is 0 Å². The maximum Gasteiger partial charge on any atom is 0.128 e. The molecule has 0 spiro atoms. The van der Waals surface area contributed by atoms with Gasteiger partial charge >= 0.3 is 0 Å². The van der Waals surface area contributed by atoms with Crippen molar-refractivity contribution in [1.29, 1.82) is 0 Å². The zero-order chi connectivity index (χ0) is 9.80. The summed E-state index contributed by atoms with van der Waals surface area (Å²) in [7, 11) is 0. The van der Waals surface area contributed by atoms with E-state index >= 15 is 0 Å². The topological polar surface area (TPSA) is 22.1 Å². The van der Waals surface area contributed by atoms with E-state index in [2.05, 4.69) is 4.98 Å². The van der Waals surface area contributed by atoms with Crippen LogP contribution in [-0.2, 0) is 0 Å². The van der Waals surface area contributed by atoms with Crippen LogP contribution in [0.5, 0.6) is 5.75 Å². The lowest BCUT2D eigenvalue weighted by Crippen LogP contribution is -1.93. The molecule has 0 amide bonds. The van der Waals surface area contributed by atoms with E-state index in [0.717, 1.165) is 17.0 Å². The summed E-state index contributed by atoms with van der Waals surface area (Å²) < 4.78 is 5.53. The van der Waals surface area contributed by atoms with Crippen LogP contribution in [0.1, 0.15) is 6.92 Å². The van der Waals surface area contributed by atoms with Crippen LogP contribution in [0.15, 0.2) is 35.2 Å². The Labute approximate surface area is 87.2 Å². The second kappa shape index (κ2) is 4.24. The van der Waals surface area contributed by atoms with E-state index < -0.39 is 0 Å². The molecule has 0 aliphatic heterocycles. The molecule has 0 radical (unpaired) electrons. The normalized spacial score (nSPS) is 10.1. The molecule has 0 atom stereocenters. The highest BCUT2D eigenvalue weighted by atomic mass is 32.1. The van der Waals surface area contributed by atoms with Crippen LogP contribution in [0.4, 0.5) is 0 Å². The van der Waals surface area contributed by atoms with E-state index in [1.54, 1.807) is 11.3 Å². The van der Waals surface area contributed by atoms with Crippen molar-refractivity contribution in [2.24, 2.45) is 0 Å². The molecule has 1 aromatic carbocycles. The van der Waals surface area contributed by atoms with E-state index in [9.17, 15) is 0 Å². The molecule has 0 bridgehead atoms. The van der Waals surface area contributed by atoms with Crippen molar-refractivity contribution < 1.29 is 4.74 Å². The molecule has 2 aromatic rings. The second-order valence-electron chi connectivity index (χ2n) is 2.80. The minimum absolute atomic E-state index is 0.682. The monoisotopic (exact) mass is 205 g/mol. The van der Waals surface area contributed by atoms with E-state index in [1.165, 1.54) is 0 Å². The Kier molecular flexibility index (Phi) is 2.79. The lowest BCUT2D eigenvalue weighted by Gasteiger charge is -2.07. The first-order valence-electron chi connectivity index (χ1n) is 4.52. The number of aromatic nitrogens is 1. The minimum atomic E-state index is 0.682. The molecule has 0 fully saturated rings. The maximum absolute atomic E-state index is 5.53. The predicted octanol–water partition coefficient (Wildman–Crippen LogP) is 3.21. The van der Waals surface area contributed by atoms with Crippen LogP contribution >= 0.6 is 11.3 Å². The van der Waals surface area contributed by atoms with Gasteiger partial charge in [-0.25, -0.2) is 4.98 Å². The van der Waals surface area contributed by atoms with E-state index in [0.29, 0.717) is 6.61 Å². The lowest BCUT2D eigenvalue weighted by atomic mass is 10.1. The highest BCUT2D eigenvalue weighted by Gasteiger charge is 2.05. The fourth-order valence-electron chi connectivity index (χ4n) is 1.31. The van der Waals surface area contributed by atoms with E-state index in [-0.39, 0.29) is 0 Å². The standard InChI is InChI=1S/C11H11NOS/c1-2-13-11-6-4-3-5-9(11)10-7-14-8-12-10/h3-8H,2H2,1H3. The number of ether oxygens (including phenoxy) is 1. The van der Waals surface area contributed by atoms with Gasteiger partial charge in [0.1, 0.15) is 5.75 Å². The Bertz CT molecular complexity index is 397. The molecular formula is C11H11NOS. The third kappa shape index (κ3) is 1.77. The third-order valence-electron chi connectivity index (χ3n) is 1.90. The van der Waals surface area contributed by atoms with Crippen molar-refractivity contribution in [3.8, 4) is 17.0 Å². The average molecular weight is 205 g/mol. The molecule has 0 saturated heterocycles. The number of hydrogen-bond donors (Lipinski definition) is 0. The summed E-state index contributed by atoms with van der Waals surface area (Å²) in [5.41, 5.74) is 3.88. The number of benzene rings is 1. The molecule has 1 aromatic heterocycles. The molecule has 14 heavy (non-hydrogen) atoms. The number of rotatable bonds is 3. The second-order valence-corrected chi connectivity index (χ2v) is 3.52. The molecule has 0 unspecified atom stereocenters. The largest absolute Gasteiger partial charge is 0.493 e. The summed E-state index contributed by atoms with van der Waals surface area (Å²) in [5.74, 6) is 0.904. The molecule has 3 heteroatoms. The van der Waals surface area contributed by atoms with Crippen molar-refractivity contribution in [2.75, 3.05) is 6.61 Å². The third-order valence-corrected chi connectivity index (χ3v) is 2.48. The molecule has 72 valence electrons. The molecule has 2 rings (SSSR count). The number of thiazole rings is 1. The fraction of sp³-hybridized carbons (Fsp3) is 0.182. The van der Waals surface area contributed by atoms with E-state index in [4.69, 9.17) is 4.74 Å². The summed E-state index contributed by atoms with van der Waals surface area (Å²) in [5, 5.41) is 2.03. The Hall–Kier alpha value is -1.35. The van der Waals surface area contributed by atoms with Gasteiger partial charge in [-0.3, -0.25) is 0 Å². The van der Waals surface area contributed by atoms with Gasteiger partial charge in [-0.1, -0.05) is 12.1 Å². The lowest BCUT2D eigenvalue weighted by molar-refractivity contribution is 0.341. The summed E-state index contributed by atoms with van der Waals surface area (Å²) >= 11 is 1.59. The van der Waals surface area contributed by atoms with Crippen molar-refractivity contribution in [2.45, 2.75) is 6.92 Å². The first kappa shape index (κ1) is 9.21. The highest BCUT2D eigenvalue weighted by Crippen LogP contribution is 2.29. The number of nitrogens with zero attached hydrogens (tertiary/aromatic N) is 1. The van der Waals surface area contributed by atoms with Crippen LogP contribution in [0.25, 0.3) is 11.3 Å². The van der Waals surface area contributed by atoms with Gasteiger partial charge < -0.3 is 4.74 Å². The van der Waals surface area contributed by atoms with E-state index in [1.807, 2.05) is 42.1 Å². The smallest absolute Gasteiger partial charge is 0.128 e. The highest BCUT2D eigenvalue weighted by molar-refractivity contribution is 7.07. The molecule has 0 aliphatic rings. The van der Waals surface area contributed by atoms with Crippen LogP contribution in [-0.4, -0.2) is 11.6 Å². The first-order chi connectivity index (χ1) is 6.92. The Morgan fingerprint density at radius 3 is 2.93 bits per heavy atom. The van der Waals surface area contributed by atoms with Crippen molar-refractivity contribution in [3.05, 3.63) is 35.2 Å². The zero-order valence-electron chi connectivity index (χ0n) is 7.93. The Balaban J connectivity index is 2.42. The predicted molar refractivity (Wildman–Crippen MR) is 58.7 cm³/mol. The van der Waals surface area contributed by atoms with Crippen LogP contribution in [0.2, 0.25) is 0 Å². The van der Waals surface area contributed by atoms with Crippen molar-refractivity contribution in [3.63, 3.8) is 0 Å². The summed E-state index contributed by atoms with van der Waals surface area (Å²) in [4.78, 5) is 4.27. The van der Waals surface area contributed by atoms with Gasteiger partial charge in [-0.05, 0) is 19.1 Å². The molecule has 2 nitrogen and oxygen atoms in total. The SMILES string of the molecule is CCOc1ccccc1-c1cscn1. The fourth-order valence-corrected chi connectivity index (χ4v) is 1.86. The van der Waals surface area contributed by atoms with Crippen molar-refractivity contribution in [1.82, 2.24) is 4.98 Å². The molecule has 0 N–H and O–H groups in total. The first-order valence-corrected chi connectivity index (χ1v) is 5.46. The zero-order valence-corrected chi connectivity index (χ0v) is 8.75. The summed E-state index contributed by atoms with van der Waals surface area (Å²) in [6, 6.07) is 7.97. The summed E-state index contributed by atoms with van der Waals surface area (Å²) in [6.07, 6.45) is 0. The maximum atomic E-state index is 5.53. The Morgan fingerprint density at radius 1 is 1.36 bits per heavy atom. The van der Waals surface area contributed by atoms with Crippen LogP contribution in [0, 0.1) is 0 Å². The molecule has 0 aliphatic carbocycles. The summed E-state index contributed by atoms with van der Waals surface area (Å²) in [6.45, 7) is 2.67. The van der Waals surface area contributed by atoms with Crippen molar-refractivity contribution >= 4 is 11.3 Å². The van der Waals surface area contributed by atoms with Crippen LogP contribution in [0.3, 0.4) is 0 Å². The number of hydrogen-bond acceptors (Lipinski definition) is 3. The quantitative estimate of drug-likeness (QED) is 0.767. The molecule has 1 heterocycles. The van der Waals surface area contributed by atoms with Gasteiger partial charge in [0.25, 0.3) is 0 Å².